The van der Waals surface area contributed by atoms with Crippen LogP contribution in [0.1, 0.15) is 12.8 Å². The Labute approximate surface area is 147 Å². The highest BCUT2D eigenvalue weighted by molar-refractivity contribution is 5.75. The average molecular weight is 349 g/mol. The molecule has 0 atom stereocenters. The minimum absolute atomic E-state index is 0.103. The summed E-state index contributed by atoms with van der Waals surface area (Å²) in [7, 11) is 0. The van der Waals surface area contributed by atoms with E-state index in [9.17, 15) is 9.18 Å². The van der Waals surface area contributed by atoms with Gasteiger partial charge >= 0.3 is 6.03 Å². The van der Waals surface area contributed by atoms with Crippen LogP contribution in [0, 0.1) is 5.82 Å². The third-order valence-electron chi connectivity index (χ3n) is 5.35. The van der Waals surface area contributed by atoms with Gasteiger partial charge in [-0.15, -0.1) is 0 Å². The van der Waals surface area contributed by atoms with E-state index in [-0.39, 0.29) is 11.8 Å². The number of ether oxygens (including phenoxy) is 2. The van der Waals surface area contributed by atoms with Gasteiger partial charge in [-0.1, -0.05) is 0 Å². The molecule has 7 heteroatoms. The second kappa shape index (κ2) is 6.80. The lowest BCUT2D eigenvalue weighted by Crippen LogP contribution is -2.56. The largest absolute Gasteiger partial charge is 0.368 e. The third kappa shape index (κ3) is 3.43. The van der Waals surface area contributed by atoms with Crippen LogP contribution in [-0.2, 0) is 9.47 Å². The number of rotatable bonds is 1. The highest BCUT2D eigenvalue weighted by atomic mass is 19.1. The van der Waals surface area contributed by atoms with E-state index in [1.165, 1.54) is 12.1 Å². The summed E-state index contributed by atoms with van der Waals surface area (Å²) < 4.78 is 24.5. The number of piperazine rings is 1. The van der Waals surface area contributed by atoms with E-state index in [1.807, 2.05) is 9.80 Å². The van der Waals surface area contributed by atoms with Gasteiger partial charge in [0, 0.05) is 57.8 Å². The smallest absolute Gasteiger partial charge is 0.320 e. The number of piperidine rings is 1. The topological polar surface area (TPSA) is 45.3 Å². The van der Waals surface area contributed by atoms with Gasteiger partial charge in [-0.3, -0.25) is 0 Å². The van der Waals surface area contributed by atoms with Crippen molar-refractivity contribution in [1.82, 2.24) is 9.80 Å². The predicted molar refractivity (Wildman–Crippen MR) is 91.0 cm³/mol. The van der Waals surface area contributed by atoms with Crippen LogP contribution >= 0.6 is 0 Å². The number of carbonyl (C=O) groups is 1. The molecule has 6 nitrogen and oxygen atoms in total. The number of urea groups is 1. The Morgan fingerprint density at radius 2 is 1.44 bits per heavy atom. The van der Waals surface area contributed by atoms with E-state index >= 15 is 0 Å². The Morgan fingerprint density at radius 3 is 2.04 bits per heavy atom. The molecule has 0 aliphatic carbocycles. The SMILES string of the molecule is O=C(N1CCN(c2ccc(F)cc2)CC1)N1CCC2(CC1)OCCO2. The second-order valence-electron chi connectivity index (χ2n) is 6.83. The number of hydrogen-bond acceptors (Lipinski definition) is 4. The van der Waals surface area contributed by atoms with Crippen molar-refractivity contribution < 1.29 is 18.7 Å². The minimum Gasteiger partial charge on any atom is -0.368 e. The van der Waals surface area contributed by atoms with Crippen LogP contribution < -0.4 is 4.90 Å². The molecule has 3 saturated heterocycles. The van der Waals surface area contributed by atoms with Crippen molar-refractivity contribution in [3.63, 3.8) is 0 Å². The number of amides is 2. The fourth-order valence-electron chi connectivity index (χ4n) is 3.83. The lowest BCUT2D eigenvalue weighted by Gasteiger charge is -2.42. The number of halogens is 1. The number of carbonyl (C=O) groups excluding carboxylic acids is 1. The van der Waals surface area contributed by atoms with E-state index < -0.39 is 5.79 Å². The Morgan fingerprint density at radius 1 is 0.880 bits per heavy atom. The molecule has 1 aromatic carbocycles. The van der Waals surface area contributed by atoms with Crippen molar-refractivity contribution in [2.24, 2.45) is 0 Å². The Bertz CT molecular complexity index is 600. The van der Waals surface area contributed by atoms with Crippen molar-refractivity contribution in [3.05, 3.63) is 30.1 Å². The van der Waals surface area contributed by atoms with Crippen LogP contribution in [0.3, 0.4) is 0 Å². The van der Waals surface area contributed by atoms with Gasteiger partial charge in [0.2, 0.25) is 0 Å². The van der Waals surface area contributed by atoms with E-state index in [2.05, 4.69) is 4.90 Å². The van der Waals surface area contributed by atoms with E-state index in [0.29, 0.717) is 39.4 Å². The third-order valence-corrected chi connectivity index (χ3v) is 5.35. The zero-order chi connectivity index (χ0) is 17.3. The molecule has 136 valence electrons. The fourth-order valence-corrected chi connectivity index (χ4v) is 3.83. The summed E-state index contributed by atoms with van der Waals surface area (Å²) in [5, 5.41) is 0. The first-order valence-electron chi connectivity index (χ1n) is 8.98. The average Bonchev–Trinajstić information content (AvgIpc) is 3.11. The summed E-state index contributed by atoms with van der Waals surface area (Å²) in [5.41, 5.74) is 1.00. The summed E-state index contributed by atoms with van der Waals surface area (Å²) in [5.74, 6) is -0.673. The van der Waals surface area contributed by atoms with E-state index in [4.69, 9.17) is 9.47 Å². The normalized spacial score (nSPS) is 23.3. The van der Waals surface area contributed by atoms with Crippen LogP contribution in [0.4, 0.5) is 14.9 Å². The van der Waals surface area contributed by atoms with Crippen LogP contribution in [-0.4, -0.2) is 74.1 Å². The molecule has 3 heterocycles. The molecule has 1 aromatic rings. The first-order valence-corrected chi connectivity index (χ1v) is 8.98. The molecule has 1 spiro atoms. The molecule has 3 aliphatic rings. The minimum atomic E-state index is -0.446. The van der Waals surface area contributed by atoms with Gasteiger partial charge in [-0.2, -0.15) is 0 Å². The van der Waals surface area contributed by atoms with Crippen LogP contribution in [0.2, 0.25) is 0 Å². The quantitative estimate of drug-likeness (QED) is 0.777. The molecule has 2 amide bonds. The molecule has 0 radical (unpaired) electrons. The highest BCUT2D eigenvalue weighted by Gasteiger charge is 2.41. The molecule has 3 fully saturated rings. The first-order chi connectivity index (χ1) is 12.2. The van der Waals surface area contributed by atoms with Gasteiger partial charge in [0.25, 0.3) is 0 Å². The molecule has 25 heavy (non-hydrogen) atoms. The summed E-state index contributed by atoms with van der Waals surface area (Å²) in [6, 6.07) is 6.64. The summed E-state index contributed by atoms with van der Waals surface area (Å²) >= 11 is 0. The molecule has 3 aliphatic heterocycles. The van der Waals surface area contributed by atoms with Crippen molar-refractivity contribution in [3.8, 4) is 0 Å². The van der Waals surface area contributed by atoms with Crippen molar-refractivity contribution in [2.75, 3.05) is 57.4 Å². The van der Waals surface area contributed by atoms with E-state index in [1.54, 1.807) is 12.1 Å². The first kappa shape index (κ1) is 16.6. The van der Waals surface area contributed by atoms with Gasteiger partial charge in [-0.25, -0.2) is 9.18 Å². The summed E-state index contributed by atoms with van der Waals surface area (Å²) in [6.07, 6.45) is 1.49. The second-order valence-corrected chi connectivity index (χ2v) is 6.83. The number of likely N-dealkylation sites (tertiary alicyclic amines) is 1. The van der Waals surface area contributed by atoms with Gasteiger partial charge in [0.05, 0.1) is 13.2 Å². The maximum Gasteiger partial charge on any atom is 0.320 e. The summed E-state index contributed by atoms with van der Waals surface area (Å²) in [6.45, 7) is 5.56. The van der Waals surface area contributed by atoms with Crippen molar-refractivity contribution in [2.45, 2.75) is 18.6 Å². The maximum atomic E-state index is 13.0. The number of benzene rings is 1. The van der Waals surface area contributed by atoms with Crippen molar-refractivity contribution >= 4 is 11.7 Å². The summed E-state index contributed by atoms with van der Waals surface area (Å²) in [4.78, 5) is 18.8. The number of hydrogen-bond donors (Lipinski definition) is 0. The van der Waals surface area contributed by atoms with E-state index in [0.717, 1.165) is 31.6 Å². The maximum absolute atomic E-state index is 13.0. The Kier molecular flexibility index (Phi) is 4.52. The zero-order valence-electron chi connectivity index (χ0n) is 14.3. The number of nitrogens with zero attached hydrogens (tertiary/aromatic N) is 3. The van der Waals surface area contributed by atoms with Gasteiger partial charge in [-0.05, 0) is 24.3 Å². The molecule has 0 bridgehead atoms. The lowest BCUT2D eigenvalue weighted by atomic mass is 10.0. The van der Waals surface area contributed by atoms with Crippen LogP contribution in [0.15, 0.2) is 24.3 Å². The number of anilines is 1. The molecule has 4 rings (SSSR count). The standard InChI is InChI=1S/C18H24FN3O3/c19-15-1-3-16(4-2-15)20-9-11-22(12-10-20)17(23)21-7-5-18(6-8-21)24-13-14-25-18/h1-4H,5-14H2. The molecular weight excluding hydrogens is 325 g/mol. The molecule has 0 unspecified atom stereocenters. The molecular formula is C18H24FN3O3. The lowest BCUT2D eigenvalue weighted by molar-refractivity contribution is -0.181. The van der Waals surface area contributed by atoms with Gasteiger partial charge in [0.1, 0.15) is 5.82 Å². The fraction of sp³-hybridized carbons (Fsp3) is 0.611. The molecule has 0 saturated carbocycles. The predicted octanol–water partition coefficient (Wildman–Crippen LogP) is 1.91. The van der Waals surface area contributed by atoms with Gasteiger partial charge in [0.15, 0.2) is 5.79 Å². The Balaban J connectivity index is 1.29. The van der Waals surface area contributed by atoms with Gasteiger partial charge < -0.3 is 24.2 Å². The van der Waals surface area contributed by atoms with Crippen LogP contribution in [0.25, 0.3) is 0 Å². The Hall–Kier alpha value is -1.86. The zero-order valence-corrected chi connectivity index (χ0v) is 14.3. The molecule has 0 aromatic heterocycles. The monoisotopic (exact) mass is 349 g/mol. The molecule has 0 N–H and O–H groups in total. The highest BCUT2D eigenvalue weighted by Crippen LogP contribution is 2.31. The van der Waals surface area contributed by atoms with Crippen LogP contribution in [0.5, 0.6) is 0 Å². The van der Waals surface area contributed by atoms with Crippen molar-refractivity contribution in [1.29, 1.82) is 0 Å².